The maximum absolute atomic E-state index is 12.4. The van der Waals surface area contributed by atoms with Gasteiger partial charge in [-0.25, -0.2) is 0 Å². The summed E-state index contributed by atoms with van der Waals surface area (Å²) in [5, 5.41) is 3.62. The quantitative estimate of drug-likeness (QED) is 0.615. The van der Waals surface area contributed by atoms with E-state index in [4.69, 9.17) is 0 Å². The van der Waals surface area contributed by atoms with E-state index in [0.29, 0.717) is 6.04 Å². The van der Waals surface area contributed by atoms with Crippen LogP contribution in [0.5, 0.6) is 0 Å². The number of hydrogen-bond donors (Lipinski definition) is 2. The molecule has 1 aliphatic carbocycles. The molecule has 1 N–H and O–H groups in total. The summed E-state index contributed by atoms with van der Waals surface area (Å²) in [6.45, 7) is 4.37. The Kier molecular flexibility index (Phi) is 4.52. The number of hydrogen-bond acceptors (Lipinski definition) is 5. The number of likely N-dealkylation sites (N-methyl/N-ethyl adjacent to an activating group) is 1. The summed E-state index contributed by atoms with van der Waals surface area (Å²) in [6, 6.07) is 0.340. The van der Waals surface area contributed by atoms with E-state index in [2.05, 4.69) is 35.7 Å². The maximum atomic E-state index is 12.4. The first-order valence-electron chi connectivity index (χ1n) is 6.47. The number of rotatable bonds is 3. The van der Waals surface area contributed by atoms with Crippen molar-refractivity contribution in [2.75, 3.05) is 7.05 Å². The number of carbonyl (C=O) groups is 1. The van der Waals surface area contributed by atoms with E-state index < -0.39 is 0 Å². The third-order valence-corrected chi connectivity index (χ3v) is 6.20. The van der Waals surface area contributed by atoms with Crippen molar-refractivity contribution in [1.82, 2.24) is 10.2 Å². The van der Waals surface area contributed by atoms with Crippen LogP contribution in [-0.4, -0.2) is 34.3 Å². The van der Waals surface area contributed by atoms with E-state index in [9.17, 15) is 4.79 Å². The standard InChI is InChI=1S/C12H22N2OS3/c1-11(2)6-4-5-9(12(13-3)7-8-12)14(11)10(15)17-18-16/h9,13,16H,4-8H2,1-3H3. The molecule has 1 aliphatic heterocycles. The highest BCUT2D eigenvalue weighted by Gasteiger charge is 2.55. The molecule has 104 valence electrons. The summed E-state index contributed by atoms with van der Waals surface area (Å²) in [6.07, 6.45) is 5.80. The number of nitrogens with one attached hydrogen (secondary N) is 1. The maximum Gasteiger partial charge on any atom is 0.293 e. The van der Waals surface area contributed by atoms with Crippen LogP contribution in [0.25, 0.3) is 0 Å². The molecule has 1 heterocycles. The SMILES string of the molecule is CNC1(C2CCCC(C)(C)N2C(=O)SSS)CC1. The van der Waals surface area contributed by atoms with Gasteiger partial charge in [-0.3, -0.25) is 4.79 Å². The van der Waals surface area contributed by atoms with Gasteiger partial charge < -0.3 is 10.2 Å². The van der Waals surface area contributed by atoms with E-state index in [0.717, 1.165) is 12.8 Å². The van der Waals surface area contributed by atoms with Gasteiger partial charge in [-0.2, -0.15) is 0 Å². The summed E-state index contributed by atoms with van der Waals surface area (Å²) >= 11 is 4.09. The number of likely N-dealkylation sites (tertiary alicyclic amines) is 1. The van der Waals surface area contributed by atoms with Gasteiger partial charge >= 0.3 is 0 Å². The Bertz CT molecular complexity index is 331. The molecule has 0 radical (unpaired) electrons. The number of amides is 1. The molecule has 2 aliphatic rings. The van der Waals surface area contributed by atoms with Crippen LogP contribution in [0.15, 0.2) is 0 Å². The van der Waals surface area contributed by atoms with E-state index >= 15 is 0 Å². The Morgan fingerprint density at radius 3 is 2.56 bits per heavy atom. The lowest BCUT2D eigenvalue weighted by atomic mass is 9.83. The summed E-state index contributed by atoms with van der Waals surface area (Å²) in [5.74, 6) is 0. The molecule has 6 heteroatoms. The van der Waals surface area contributed by atoms with Gasteiger partial charge in [0.15, 0.2) is 0 Å². The molecule has 18 heavy (non-hydrogen) atoms. The Labute approximate surface area is 122 Å². The summed E-state index contributed by atoms with van der Waals surface area (Å²) < 4.78 is 0. The molecule has 3 nitrogen and oxygen atoms in total. The van der Waals surface area contributed by atoms with Gasteiger partial charge in [0.2, 0.25) is 0 Å². The second-order valence-electron chi connectivity index (χ2n) is 5.92. The van der Waals surface area contributed by atoms with Crippen LogP contribution in [0.2, 0.25) is 0 Å². The minimum absolute atomic E-state index is 0.0387. The van der Waals surface area contributed by atoms with E-state index in [1.54, 1.807) is 0 Å². The summed E-state index contributed by atoms with van der Waals surface area (Å²) in [7, 11) is 4.51. The first kappa shape index (κ1) is 14.9. The molecule has 1 saturated carbocycles. The smallest absolute Gasteiger partial charge is 0.293 e. The number of nitrogens with zero attached hydrogens (tertiary/aromatic N) is 1. The van der Waals surface area contributed by atoms with Crippen LogP contribution in [0.4, 0.5) is 4.79 Å². The lowest BCUT2D eigenvalue weighted by Crippen LogP contribution is -2.61. The monoisotopic (exact) mass is 306 g/mol. The van der Waals surface area contributed by atoms with Crippen molar-refractivity contribution in [3.63, 3.8) is 0 Å². The topological polar surface area (TPSA) is 32.3 Å². The zero-order chi connectivity index (χ0) is 13.4. The van der Waals surface area contributed by atoms with Gasteiger partial charge in [0.25, 0.3) is 5.24 Å². The molecule has 0 aromatic rings. The Morgan fingerprint density at radius 2 is 2.06 bits per heavy atom. The highest BCUT2D eigenvalue weighted by molar-refractivity contribution is 9.08. The first-order valence-corrected chi connectivity index (χ1v) is 9.67. The Hall–Kier alpha value is 0.480. The highest BCUT2D eigenvalue weighted by atomic mass is 33.5. The van der Waals surface area contributed by atoms with Gasteiger partial charge in [0.1, 0.15) is 0 Å². The minimum atomic E-state index is -0.0387. The fourth-order valence-electron chi connectivity index (χ4n) is 3.25. The van der Waals surface area contributed by atoms with E-state index in [1.165, 1.54) is 39.9 Å². The molecular formula is C12H22N2OS3. The van der Waals surface area contributed by atoms with E-state index in [1.807, 2.05) is 7.05 Å². The average molecular weight is 307 g/mol. The van der Waals surface area contributed by atoms with Crippen LogP contribution in [-0.2, 0) is 0 Å². The second kappa shape index (κ2) is 5.46. The molecule has 0 aromatic carbocycles. The molecule has 2 rings (SSSR count). The van der Waals surface area contributed by atoms with Gasteiger partial charge in [0.05, 0.1) is 6.04 Å². The van der Waals surface area contributed by atoms with Crippen molar-refractivity contribution in [3.05, 3.63) is 0 Å². The Morgan fingerprint density at radius 1 is 1.39 bits per heavy atom. The van der Waals surface area contributed by atoms with Crippen molar-refractivity contribution in [2.24, 2.45) is 0 Å². The third kappa shape index (κ3) is 2.67. The molecule has 1 atom stereocenters. The lowest BCUT2D eigenvalue weighted by molar-refractivity contribution is 0.0485. The third-order valence-electron chi connectivity index (χ3n) is 4.46. The highest BCUT2D eigenvalue weighted by Crippen LogP contribution is 2.48. The molecule has 0 spiro atoms. The predicted molar refractivity (Wildman–Crippen MR) is 84.1 cm³/mol. The second-order valence-corrected chi connectivity index (χ2v) is 8.87. The van der Waals surface area contributed by atoms with Crippen molar-refractivity contribution < 1.29 is 4.79 Å². The predicted octanol–water partition coefficient (Wildman–Crippen LogP) is 3.72. The molecule has 1 amide bonds. The fraction of sp³-hybridized carbons (Fsp3) is 0.917. The van der Waals surface area contributed by atoms with Crippen molar-refractivity contribution >= 4 is 37.5 Å². The number of carbonyl (C=O) groups excluding carboxylic acids is 1. The molecule has 0 bridgehead atoms. The molecule has 1 unspecified atom stereocenters. The van der Waals surface area contributed by atoms with Crippen molar-refractivity contribution in [2.45, 2.75) is 63.1 Å². The zero-order valence-electron chi connectivity index (χ0n) is 11.2. The van der Waals surface area contributed by atoms with E-state index in [-0.39, 0.29) is 16.3 Å². The summed E-state index contributed by atoms with van der Waals surface area (Å²) in [5.41, 5.74) is 0.137. The van der Waals surface area contributed by atoms with Crippen LogP contribution in [0.3, 0.4) is 0 Å². The zero-order valence-corrected chi connectivity index (χ0v) is 13.8. The van der Waals surface area contributed by atoms with Crippen LogP contribution in [0.1, 0.15) is 46.0 Å². The normalized spacial score (nSPS) is 29.1. The number of thiol groups is 1. The van der Waals surface area contributed by atoms with Gasteiger partial charge in [-0.05, 0) is 62.8 Å². The van der Waals surface area contributed by atoms with Gasteiger partial charge in [-0.15, -0.1) is 0 Å². The average Bonchev–Trinajstić information content (AvgIpc) is 3.08. The summed E-state index contributed by atoms with van der Waals surface area (Å²) in [4.78, 5) is 14.5. The van der Waals surface area contributed by atoms with Gasteiger partial charge in [0, 0.05) is 21.9 Å². The van der Waals surface area contributed by atoms with Crippen LogP contribution < -0.4 is 5.32 Å². The molecule has 2 fully saturated rings. The Balaban J connectivity index is 2.23. The largest absolute Gasteiger partial charge is 0.323 e. The number of piperidine rings is 1. The lowest BCUT2D eigenvalue weighted by Gasteiger charge is -2.50. The fourth-order valence-corrected chi connectivity index (χ4v) is 4.78. The van der Waals surface area contributed by atoms with Crippen LogP contribution >= 0.6 is 32.3 Å². The molecule has 0 aromatic heterocycles. The van der Waals surface area contributed by atoms with Crippen molar-refractivity contribution in [1.29, 1.82) is 0 Å². The van der Waals surface area contributed by atoms with Crippen LogP contribution in [0, 0.1) is 0 Å². The van der Waals surface area contributed by atoms with Gasteiger partial charge in [-0.1, -0.05) is 11.7 Å². The first-order chi connectivity index (χ1) is 8.47. The van der Waals surface area contributed by atoms with Crippen molar-refractivity contribution in [3.8, 4) is 0 Å². The minimum Gasteiger partial charge on any atom is -0.323 e. The molecular weight excluding hydrogens is 284 g/mol. The molecule has 1 saturated heterocycles.